The summed E-state index contributed by atoms with van der Waals surface area (Å²) in [7, 11) is 0. The first-order valence-electron chi connectivity index (χ1n) is 10.0. The van der Waals surface area contributed by atoms with Crippen molar-refractivity contribution in [2.24, 2.45) is 5.92 Å². The monoisotopic (exact) mass is 333 g/mol. The molecule has 3 atom stereocenters. The zero-order valence-corrected chi connectivity index (χ0v) is 16.0. The number of fused-ring (bicyclic) bond motifs is 4. The molecule has 2 aliphatic rings. The molecule has 2 aromatic rings. The zero-order chi connectivity index (χ0) is 17.4. The molecule has 0 aromatic heterocycles. The number of nitrogens with zero attached hydrogens (tertiary/aromatic N) is 1. The maximum Gasteiger partial charge on any atom is 0.0170 e. The van der Waals surface area contributed by atoms with Crippen LogP contribution in [-0.2, 0) is 24.7 Å². The van der Waals surface area contributed by atoms with Gasteiger partial charge in [0.2, 0.25) is 0 Å². The highest BCUT2D eigenvalue weighted by Crippen LogP contribution is 2.48. The second kappa shape index (κ2) is 6.61. The lowest BCUT2D eigenvalue weighted by Crippen LogP contribution is -2.58. The van der Waals surface area contributed by atoms with Crippen molar-refractivity contribution in [2.75, 3.05) is 13.1 Å². The molecule has 1 heteroatoms. The molecule has 1 saturated heterocycles. The van der Waals surface area contributed by atoms with E-state index in [2.05, 4.69) is 74.2 Å². The quantitative estimate of drug-likeness (QED) is 0.760. The van der Waals surface area contributed by atoms with Gasteiger partial charge in [0.1, 0.15) is 0 Å². The van der Waals surface area contributed by atoms with Crippen LogP contribution in [0.15, 0.2) is 48.5 Å². The molecule has 2 aromatic carbocycles. The van der Waals surface area contributed by atoms with Gasteiger partial charge in [-0.1, -0.05) is 69.3 Å². The second-order valence-corrected chi connectivity index (χ2v) is 8.34. The summed E-state index contributed by atoms with van der Waals surface area (Å²) >= 11 is 0. The van der Waals surface area contributed by atoms with Crippen molar-refractivity contribution in [1.82, 2.24) is 4.90 Å². The maximum atomic E-state index is 2.77. The molecule has 4 rings (SSSR count). The van der Waals surface area contributed by atoms with Crippen LogP contribution in [0.25, 0.3) is 0 Å². The highest BCUT2D eigenvalue weighted by atomic mass is 15.2. The molecule has 132 valence electrons. The maximum absolute atomic E-state index is 2.77. The molecule has 1 fully saturated rings. The Morgan fingerprint density at radius 2 is 1.88 bits per heavy atom. The van der Waals surface area contributed by atoms with Crippen molar-refractivity contribution >= 4 is 0 Å². The van der Waals surface area contributed by atoms with Crippen molar-refractivity contribution in [1.29, 1.82) is 0 Å². The van der Waals surface area contributed by atoms with Gasteiger partial charge in [-0.3, -0.25) is 4.90 Å². The number of benzene rings is 2. The van der Waals surface area contributed by atoms with E-state index in [1.54, 1.807) is 11.1 Å². The van der Waals surface area contributed by atoms with E-state index in [1.165, 1.54) is 43.5 Å². The van der Waals surface area contributed by atoms with E-state index < -0.39 is 0 Å². The molecule has 1 heterocycles. The van der Waals surface area contributed by atoms with Crippen molar-refractivity contribution in [3.63, 3.8) is 0 Å². The van der Waals surface area contributed by atoms with Crippen LogP contribution in [0, 0.1) is 5.92 Å². The third-order valence-electron chi connectivity index (χ3n) is 7.13. The predicted octanol–water partition coefficient (Wildman–Crippen LogP) is 5.02. The van der Waals surface area contributed by atoms with Crippen LogP contribution >= 0.6 is 0 Å². The minimum atomic E-state index is 0.354. The summed E-state index contributed by atoms with van der Waals surface area (Å²) in [4.78, 5) is 2.77. The van der Waals surface area contributed by atoms with Crippen LogP contribution in [0.3, 0.4) is 0 Å². The van der Waals surface area contributed by atoms with Crippen LogP contribution in [0.1, 0.15) is 49.4 Å². The molecule has 0 radical (unpaired) electrons. The van der Waals surface area contributed by atoms with E-state index in [-0.39, 0.29) is 0 Å². The lowest BCUT2D eigenvalue weighted by Gasteiger charge is -2.55. The summed E-state index contributed by atoms with van der Waals surface area (Å²) in [5, 5.41) is 0. The number of aryl methyl sites for hydroxylation is 1. The van der Waals surface area contributed by atoms with E-state index in [9.17, 15) is 0 Å². The van der Waals surface area contributed by atoms with Gasteiger partial charge in [0, 0.05) is 12.6 Å². The fourth-order valence-corrected chi connectivity index (χ4v) is 5.17. The van der Waals surface area contributed by atoms with Gasteiger partial charge >= 0.3 is 0 Å². The third-order valence-corrected chi connectivity index (χ3v) is 7.13. The van der Waals surface area contributed by atoms with Gasteiger partial charge in [0.25, 0.3) is 0 Å². The highest BCUT2D eigenvalue weighted by Gasteiger charge is 2.48. The summed E-state index contributed by atoms with van der Waals surface area (Å²) < 4.78 is 0. The molecule has 2 bridgehead atoms. The second-order valence-electron chi connectivity index (χ2n) is 8.34. The Bertz CT molecular complexity index is 735. The molecule has 1 aliphatic heterocycles. The Morgan fingerprint density at radius 1 is 1.08 bits per heavy atom. The third kappa shape index (κ3) is 2.93. The first-order chi connectivity index (χ1) is 12.1. The Morgan fingerprint density at radius 3 is 2.64 bits per heavy atom. The fourth-order valence-electron chi connectivity index (χ4n) is 5.17. The fraction of sp³-hybridized carbons (Fsp3) is 0.500. The first kappa shape index (κ1) is 16.8. The summed E-state index contributed by atoms with van der Waals surface area (Å²) in [6.45, 7) is 9.73. The summed E-state index contributed by atoms with van der Waals surface area (Å²) in [5.74, 6) is 0.733. The van der Waals surface area contributed by atoms with Crippen molar-refractivity contribution < 1.29 is 0 Å². The van der Waals surface area contributed by atoms with Crippen LogP contribution < -0.4 is 0 Å². The topological polar surface area (TPSA) is 3.24 Å². The molecule has 0 amide bonds. The van der Waals surface area contributed by atoms with Gasteiger partial charge in [0.15, 0.2) is 0 Å². The average Bonchev–Trinajstić information content (AvgIpc) is 2.64. The van der Waals surface area contributed by atoms with Crippen molar-refractivity contribution in [3.05, 3.63) is 70.8 Å². The first-order valence-corrected chi connectivity index (χ1v) is 10.0. The van der Waals surface area contributed by atoms with Crippen LogP contribution in [-0.4, -0.2) is 24.0 Å². The molecule has 3 unspecified atom stereocenters. The van der Waals surface area contributed by atoms with Gasteiger partial charge in [-0.15, -0.1) is 0 Å². The van der Waals surface area contributed by atoms with E-state index in [4.69, 9.17) is 0 Å². The molecule has 0 spiro atoms. The molecule has 1 aliphatic carbocycles. The predicted molar refractivity (Wildman–Crippen MR) is 106 cm³/mol. The van der Waals surface area contributed by atoms with Gasteiger partial charge in [-0.05, 0) is 65.8 Å². The zero-order valence-electron chi connectivity index (χ0n) is 16.0. The Labute approximate surface area is 153 Å². The van der Waals surface area contributed by atoms with E-state index >= 15 is 0 Å². The van der Waals surface area contributed by atoms with E-state index in [0.29, 0.717) is 11.5 Å². The minimum absolute atomic E-state index is 0.354. The largest absolute Gasteiger partial charge is 0.299 e. The average molecular weight is 334 g/mol. The van der Waals surface area contributed by atoms with Crippen molar-refractivity contribution in [2.45, 2.75) is 57.9 Å². The number of piperidine rings is 1. The van der Waals surface area contributed by atoms with Gasteiger partial charge < -0.3 is 0 Å². The number of rotatable bonds is 4. The molecule has 0 saturated carbocycles. The molecule has 25 heavy (non-hydrogen) atoms. The normalized spacial score (nSPS) is 28.6. The number of likely N-dealkylation sites (tertiary alicyclic amines) is 1. The van der Waals surface area contributed by atoms with E-state index in [1.807, 2.05) is 0 Å². The van der Waals surface area contributed by atoms with Gasteiger partial charge in [0.05, 0.1) is 0 Å². The number of hydrogen-bond donors (Lipinski definition) is 0. The van der Waals surface area contributed by atoms with E-state index in [0.717, 1.165) is 12.3 Å². The highest BCUT2D eigenvalue weighted by molar-refractivity contribution is 5.42. The standard InChI is InChI=1S/C24H31N/c1-4-19-10-11-21-17-23-18(2)24(3,22(21)16-19)13-15-25(23)14-12-20-8-6-5-7-9-20/h5-11,16,18,23H,4,12-15,17H2,1-3H3. The summed E-state index contributed by atoms with van der Waals surface area (Å²) in [6, 6.07) is 18.9. The Hall–Kier alpha value is -1.60. The van der Waals surface area contributed by atoms with Crippen LogP contribution in [0.5, 0.6) is 0 Å². The SMILES string of the molecule is CCc1ccc2c(c1)C1(C)CCN(CCc3ccccc3)C(C2)C1C. The summed E-state index contributed by atoms with van der Waals surface area (Å²) in [5.41, 5.74) is 6.57. The lowest BCUT2D eigenvalue weighted by molar-refractivity contribution is 0.0323. The van der Waals surface area contributed by atoms with Gasteiger partial charge in [-0.25, -0.2) is 0 Å². The van der Waals surface area contributed by atoms with Gasteiger partial charge in [-0.2, -0.15) is 0 Å². The lowest BCUT2D eigenvalue weighted by atomic mass is 9.59. The molecular weight excluding hydrogens is 302 g/mol. The van der Waals surface area contributed by atoms with Crippen LogP contribution in [0.2, 0.25) is 0 Å². The van der Waals surface area contributed by atoms with Crippen molar-refractivity contribution in [3.8, 4) is 0 Å². The molecular formula is C24H31N. The Kier molecular flexibility index (Phi) is 4.45. The summed E-state index contributed by atoms with van der Waals surface area (Å²) in [6.07, 6.45) is 4.83. The smallest absolute Gasteiger partial charge is 0.0170 e. The Balaban J connectivity index is 1.57. The molecule has 0 N–H and O–H groups in total. The minimum Gasteiger partial charge on any atom is -0.299 e. The van der Waals surface area contributed by atoms with Crippen LogP contribution in [0.4, 0.5) is 0 Å². The number of hydrogen-bond acceptors (Lipinski definition) is 1. The molecule has 1 nitrogen and oxygen atoms in total.